The Balaban J connectivity index is 2.50. The van der Waals surface area contributed by atoms with Gasteiger partial charge in [-0.1, -0.05) is 12.1 Å². The number of carbonyl (C=O) groups excluding carboxylic acids is 1. The van der Waals surface area contributed by atoms with E-state index in [0.717, 1.165) is 0 Å². The van der Waals surface area contributed by atoms with Crippen LogP contribution in [0.4, 0.5) is 5.69 Å². The largest absolute Gasteiger partial charge is 0.378 e. The molecule has 0 aromatic heterocycles. The second-order valence-corrected chi connectivity index (χ2v) is 4.28. The number of anilines is 1. The Kier molecular flexibility index (Phi) is 4.97. The van der Waals surface area contributed by atoms with E-state index in [0.29, 0.717) is 6.54 Å². The summed E-state index contributed by atoms with van der Waals surface area (Å²) in [5.41, 5.74) is 2.35. The average molecular weight is 235 g/mol. The summed E-state index contributed by atoms with van der Waals surface area (Å²) in [7, 11) is 5.67. The molecule has 1 atom stereocenters. The molecular weight excluding hydrogens is 214 g/mol. The minimum Gasteiger partial charge on any atom is -0.378 e. The molecule has 0 aliphatic carbocycles. The number of nitrogens with zero attached hydrogens (tertiary/aromatic N) is 1. The van der Waals surface area contributed by atoms with E-state index in [9.17, 15) is 4.79 Å². The van der Waals surface area contributed by atoms with Crippen LogP contribution in [-0.2, 0) is 11.3 Å². The molecule has 1 rings (SSSR count). The Morgan fingerprint density at radius 1 is 1.29 bits per heavy atom. The van der Waals surface area contributed by atoms with Gasteiger partial charge in [0, 0.05) is 33.4 Å². The zero-order valence-corrected chi connectivity index (χ0v) is 10.9. The molecule has 1 aromatic rings. The van der Waals surface area contributed by atoms with E-state index in [2.05, 4.69) is 39.8 Å². The van der Waals surface area contributed by atoms with Crippen molar-refractivity contribution in [1.82, 2.24) is 10.6 Å². The van der Waals surface area contributed by atoms with Crippen molar-refractivity contribution in [2.24, 2.45) is 0 Å². The number of likely N-dealkylation sites (N-methyl/N-ethyl adjacent to an activating group) is 1. The third-order valence-corrected chi connectivity index (χ3v) is 2.70. The van der Waals surface area contributed by atoms with E-state index in [1.54, 1.807) is 7.05 Å². The molecule has 1 amide bonds. The van der Waals surface area contributed by atoms with Crippen LogP contribution in [0.1, 0.15) is 12.5 Å². The van der Waals surface area contributed by atoms with Crippen molar-refractivity contribution in [1.29, 1.82) is 0 Å². The van der Waals surface area contributed by atoms with Crippen LogP contribution in [0.5, 0.6) is 0 Å². The first kappa shape index (κ1) is 13.5. The van der Waals surface area contributed by atoms with Gasteiger partial charge in [-0.2, -0.15) is 0 Å². The summed E-state index contributed by atoms with van der Waals surface area (Å²) in [5.74, 6) is 0.00918. The number of benzene rings is 1. The maximum Gasteiger partial charge on any atom is 0.236 e. The minimum absolute atomic E-state index is 0.00918. The Hall–Kier alpha value is -1.55. The lowest BCUT2D eigenvalue weighted by Gasteiger charge is -2.14. The summed E-state index contributed by atoms with van der Waals surface area (Å²) >= 11 is 0. The highest BCUT2D eigenvalue weighted by Gasteiger charge is 2.09. The fraction of sp³-hybridized carbons (Fsp3) is 0.462. The normalized spacial score (nSPS) is 12.0. The van der Waals surface area contributed by atoms with Crippen LogP contribution >= 0.6 is 0 Å². The molecule has 0 heterocycles. The quantitative estimate of drug-likeness (QED) is 0.799. The van der Waals surface area contributed by atoms with Gasteiger partial charge >= 0.3 is 0 Å². The number of nitrogens with one attached hydrogen (secondary N) is 2. The molecule has 0 saturated carbocycles. The fourth-order valence-corrected chi connectivity index (χ4v) is 1.49. The van der Waals surface area contributed by atoms with Crippen LogP contribution in [0.15, 0.2) is 24.3 Å². The first-order valence-corrected chi connectivity index (χ1v) is 5.76. The van der Waals surface area contributed by atoms with Gasteiger partial charge in [0.2, 0.25) is 5.91 Å². The molecule has 2 N–H and O–H groups in total. The van der Waals surface area contributed by atoms with E-state index in [1.807, 2.05) is 21.0 Å². The van der Waals surface area contributed by atoms with Gasteiger partial charge in [0.1, 0.15) is 0 Å². The molecule has 0 radical (unpaired) electrons. The molecule has 4 nitrogen and oxygen atoms in total. The van der Waals surface area contributed by atoms with Crippen molar-refractivity contribution in [3.05, 3.63) is 29.8 Å². The highest BCUT2D eigenvalue weighted by atomic mass is 16.2. The summed E-state index contributed by atoms with van der Waals surface area (Å²) in [4.78, 5) is 13.4. The molecule has 4 heteroatoms. The number of hydrogen-bond donors (Lipinski definition) is 2. The number of rotatable bonds is 5. The first-order valence-electron chi connectivity index (χ1n) is 5.76. The van der Waals surface area contributed by atoms with Gasteiger partial charge in [-0.05, 0) is 24.6 Å². The first-order chi connectivity index (χ1) is 8.04. The Morgan fingerprint density at radius 2 is 1.88 bits per heavy atom. The number of hydrogen-bond acceptors (Lipinski definition) is 3. The molecule has 0 saturated heterocycles. The van der Waals surface area contributed by atoms with Gasteiger partial charge < -0.3 is 15.5 Å². The van der Waals surface area contributed by atoms with E-state index in [4.69, 9.17) is 0 Å². The molecule has 0 spiro atoms. The van der Waals surface area contributed by atoms with Crippen LogP contribution in [0, 0.1) is 0 Å². The van der Waals surface area contributed by atoms with Crippen molar-refractivity contribution in [2.45, 2.75) is 19.5 Å². The predicted molar refractivity (Wildman–Crippen MR) is 71.1 cm³/mol. The van der Waals surface area contributed by atoms with Crippen molar-refractivity contribution in [2.75, 3.05) is 26.0 Å². The molecule has 0 bridgehead atoms. The molecule has 17 heavy (non-hydrogen) atoms. The third kappa shape index (κ3) is 4.07. The lowest BCUT2D eigenvalue weighted by molar-refractivity contribution is -0.122. The van der Waals surface area contributed by atoms with Crippen molar-refractivity contribution >= 4 is 11.6 Å². The van der Waals surface area contributed by atoms with Crippen LogP contribution in [0.3, 0.4) is 0 Å². The van der Waals surface area contributed by atoms with Gasteiger partial charge in [-0.25, -0.2) is 0 Å². The van der Waals surface area contributed by atoms with Gasteiger partial charge in [-0.15, -0.1) is 0 Å². The Labute approximate surface area is 103 Å². The monoisotopic (exact) mass is 235 g/mol. The van der Waals surface area contributed by atoms with E-state index in [-0.39, 0.29) is 11.9 Å². The molecule has 1 unspecified atom stereocenters. The summed E-state index contributed by atoms with van der Waals surface area (Å²) in [5, 5.41) is 5.79. The zero-order valence-electron chi connectivity index (χ0n) is 10.9. The lowest BCUT2D eigenvalue weighted by Crippen LogP contribution is -2.40. The molecule has 1 aromatic carbocycles. The summed E-state index contributed by atoms with van der Waals surface area (Å²) in [6, 6.07) is 8.11. The zero-order chi connectivity index (χ0) is 12.8. The van der Waals surface area contributed by atoms with Crippen LogP contribution in [0.2, 0.25) is 0 Å². The molecule has 94 valence electrons. The molecule has 0 fully saturated rings. The van der Waals surface area contributed by atoms with Gasteiger partial charge in [0.05, 0.1) is 6.04 Å². The van der Waals surface area contributed by atoms with Crippen molar-refractivity contribution in [3.63, 3.8) is 0 Å². The summed E-state index contributed by atoms with van der Waals surface area (Å²) in [6.07, 6.45) is 0. The van der Waals surface area contributed by atoms with E-state index < -0.39 is 0 Å². The van der Waals surface area contributed by atoms with Gasteiger partial charge in [0.15, 0.2) is 0 Å². The Morgan fingerprint density at radius 3 is 2.35 bits per heavy atom. The second kappa shape index (κ2) is 6.25. The van der Waals surface area contributed by atoms with Crippen molar-refractivity contribution < 1.29 is 4.79 Å². The minimum atomic E-state index is -0.173. The van der Waals surface area contributed by atoms with Crippen LogP contribution in [0.25, 0.3) is 0 Å². The molecule has 0 aliphatic heterocycles. The van der Waals surface area contributed by atoms with Gasteiger partial charge in [-0.3, -0.25) is 4.79 Å². The average Bonchev–Trinajstić information content (AvgIpc) is 2.35. The number of carbonyl (C=O) groups is 1. The molecular formula is C13H21N3O. The summed E-state index contributed by atoms with van der Waals surface area (Å²) in [6.45, 7) is 2.55. The maximum absolute atomic E-state index is 11.3. The van der Waals surface area contributed by atoms with E-state index in [1.165, 1.54) is 11.3 Å². The number of amides is 1. The van der Waals surface area contributed by atoms with Gasteiger partial charge in [0.25, 0.3) is 0 Å². The maximum atomic E-state index is 11.3. The van der Waals surface area contributed by atoms with Crippen LogP contribution < -0.4 is 15.5 Å². The second-order valence-electron chi connectivity index (χ2n) is 4.28. The summed E-state index contributed by atoms with van der Waals surface area (Å²) < 4.78 is 0. The highest BCUT2D eigenvalue weighted by molar-refractivity contribution is 5.80. The predicted octanol–water partition coefficient (Wildman–Crippen LogP) is 0.977. The molecule has 0 aliphatic rings. The lowest BCUT2D eigenvalue weighted by atomic mass is 10.2. The Bertz CT molecular complexity index is 359. The fourth-order valence-electron chi connectivity index (χ4n) is 1.49. The third-order valence-electron chi connectivity index (χ3n) is 2.70. The van der Waals surface area contributed by atoms with Crippen LogP contribution in [-0.4, -0.2) is 33.1 Å². The topological polar surface area (TPSA) is 44.4 Å². The smallest absolute Gasteiger partial charge is 0.236 e. The van der Waals surface area contributed by atoms with Crippen molar-refractivity contribution in [3.8, 4) is 0 Å². The highest BCUT2D eigenvalue weighted by Crippen LogP contribution is 2.11. The van der Waals surface area contributed by atoms with E-state index >= 15 is 0 Å². The standard InChI is InChI=1S/C13H21N3O/c1-10(13(17)14-2)15-9-11-5-7-12(8-6-11)16(3)4/h5-8,10,15H,9H2,1-4H3,(H,14,17). The SMILES string of the molecule is CNC(=O)C(C)NCc1ccc(N(C)C)cc1.